The Bertz CT molecular complexity index is 1970. The Hall–Kier alpha value is -5.13. The van der Waals surface area contributed by atoms with E-state index < -0.39 is 16.0 Å². The molecule has 5 rings (SSSR count). The number of carbonyl (C=O) groups is 2. The number of hydrogen-bond donors (Lipinski definition) is 4. The third kappa shape index (κ3) is 7.69. The Kier molecular flexibility index (Phi) is 9.21. The molecule has 0 atom stereocenters. The fourth-order valence-corrected chi connectivity index (χ4v) is 7.08. The molecular weight excluding hydrogens is 613 g/mol. The van der Waals surface area contributed by atoms with Crippen molar-refractivity contribution < 1.29 is 33.0 Å². The van der Waals surface area contributed by atoms with Crippen LogP contribution in [0, 0.1) is 13.8 Å². The predicted octanol–water partition coefficient (Wildman–Crippen LogP) is 6.75. The van der Waals surface area contributed by atoms with Crippen LogP contribution in [0.3, 0.4) is 0 Å². The number of thiophene rings is 1. The van der Waals surface area contributed by atoms with Gasteiger partial charge < -0.3 is 20.3 Å². The largest absolute Gasteiger partial charge is 0.508 e. The van der Waals surface area contributed by atoms with Crippen molar-refractivity contribution in [3.8, 4) is 22.6 Å². The van der Waals surface area contributed by atoms with Gasteiger partial charge in [-0.2, -0.15) is 0 Å². The number of nitrogens with one attached hydrogen (secondary N) is 2. The first-order chi connectivity index (χ1) is 21.5. The number of carboxylic acid groups (broad SMARTS) is 1. The van der Waals surface area contributed by atoms with Gasteiger partial charge in [-0.1, -0.05) is 42.5 Å². The number of aromatic hydroxyl groups is 1. The lowest BCUT2D eigenvalue weighted by atomic mass is 10.0. The molecule has 0 saturated carbocycles. The summed E-state index contributed by atoms with van der Waals surface area (Å²) >= 11 is 0.847. The minimum absolute atomic E-state index is 0.173. The van der Waals surface area contributed by atoms with Gasteiger partial charge in [0.15, 0.2) is 0 Å². The normalized spacial score (nSPS) is 11.2. The standard InChI is InChI=1S/C34H30N2O7S2/c1-21-15-24(18-28(16-21)36-45(41,42)31-13-14-44-32(31)34(39)40)20-43-30-12-3-23(17-22(30)2)19-35-33(38)27-6-4-25(5-7-27)26-8-10-29(37)11-9-26/h3-18,36-37H,19-20H2,1-2H3,(H,35,38)(H,39,40). The maximum absolute atomic E-state index is 12.9. The van der Waals surface area contributed by atoms with Gasteiger partial charge in [0, 0.05) is 17.8 Å². The molecule has 1 amide bonds. The summed E-state index contributed by atoms with van der Waals surface area (Å²) in [5.74, 6) is -0.662. The van der Waals surface area contributed by atoms with E-state index in [0.717, 1.165) is 44.7 Å². The van der Waals surface area contributed by atoms with Crippen molar-refractivity contribution in [2.24, 2.45) is 0 Å². The lowest BCUT2D eigenvalue weighted by molar-refractivity contribution is 0.0698. The summed E-state index contributed by atoms with van der Waals surface area (Å²) in [6.07, 6.45) is 0. The van der Waals surface area contributed by atoms with Gasteiger partial charge in [0.05, 0.1) is 0 Å². The van der Waals surface area contributed by atoms with E-state index in [1.165, 1.54) is 11.4 Å². The van der Waals surface area contributed by atoms with E-state index in [1.807, 2.05) is 62.4 Å². The van der Waals surface area contributed by atoms with Crippen LogP contribution in [-0.2, 0) is 23.2 Å². The number of rotatable bonds is 11. The van der Waals surface area contributed by atoms with Gasteiger partial charge in [0.1, 0.15) is 27.9 Å². The number of benzene rings is 4. The summed E-state index contributed by atoms with van der Waals surface area (Å²) in [5.41, 5.74) is 6.01. The van der Waals surface area contributed by atoms with Gasteiger partial charge in [-0.15, -0.1) is 11.3 Å². The fourth-order valence-electron chi connectivity index (χ4n) is 4.78. The molecule has 0 aliphatic heterocycles. The van der Waals surface area contributed by atoms with Crippen LogP contribution in [0.5, 0.6) is 11.5 Å². The zero-order valence-electron chi connectivity index (χ0n) is 24.4. The molecule has 4 N–H and O–H groups in total. The summed E-state index contributed by atoms with van der Waals surface area (Å²) in [5, 5.41) is 23.2. The molecule has 1 heterocycles. The van der Waals surface area contributed by atoms with Crippen LogP contribution in [0.4, 0.5) is 5.69 Å². The molecule has 0 radical (unpaired) electrons. The summed E-state index contributed by atoms with van der Waals surface area (Å²) in [6.45, 7) is 4.23. The molecule has 0 saturated heterocycles. The Morgan fingerprint density at radius 3 is 2.20 bits per heavy atom. The van der Waals surface area contributed by atoms with Crippen molar-refractivity contribution >= 4 is 38.9 Å². The second-order valence-corrected chi connectivity index (χ2v) is 13.0. The quantitative estimate of drug-likeness (QED) is 0.125. The molecule has 9 nitrogen and oxygen atoms in total. The first-order valence-electron chi connectivity index (χ1n) is 13.8. The average Bonchev–Trinajstić information content (AvgIpc) is 3.52. The highest BCUT2D eigenvalue weighted by atomic mass is 32.2. The van der Waals surface area contributed by atoms with Gasteiger partial charge in [0.25, 0.3) is 15.9 Å². The molecule has 4 aromatic carbocycles. The van der Waals surface area contributed by atoms with E-state index in [0.29, 0.717) is 23.5 Å². The van der Waals surface area contributed by atoms with Crippen molar-refractivity contribution in [3.05, 3.63) is 129 Å². The summed E-state index contributed by atoms with van der Waals surface area (Å²) in [6, 6.07) is 26.2. The number of ether oxygens (including phenoxy) is 1. The predicted molar refractivity (Wildman–Crippen MR) is 173 cm³/mol. The topological polar surface area (TPSA) is 142 Å². The van der Waals surface area contributed by atoms with Gasteiger partial charge in [0.2, 0.25) is 0 Å². The lowest BCUT2D eigenvalue weighted by Gasteiger charge is -2.14. The van der Waals surface area contributed by atoms with E-state index >= 15 is 0 Å². The number of carbonyl (C=O) groups excluding carboxylic acids is 1. The Morgan fingerprint density at radius 1 is 0.844 bits per heavy atom. The number of phenols is 1. The van der Waals surface area contributed by atoms with Gasteiger partial charge >= 0.3 is 5.97 Å². The fraction of sp³-hybridized carbons (Fsp3) is 0.118. The van der Waals surface area contributed by atoms with E-state index in [9.17, 15) is 28.2 Å². The molecule has 0 aliphatic rings. The Balaban J connectivity index is 1.18. The van der Waals surface area contributed by atoms with Crippen LogP contribution < -0.4 is 14.8 Å². The average molecular weight is 643 g/mol. The Labute approximate surface area is 264 Å². The number of aryl methyl sites for hydroxylation is 2. The van der Waals surface area contributed by atoms with Gasteiger partial charge in [-0.25, -0.2) is 13.2 Å². The van der Waals surface area contributed by atoms with Crippen LogP contribution in [0.1, 0.15) is 42.3 Å². The zero-order chi connectivity index (χ0) is 32.1. The van der Waals surface area contributed by atoms with Crippen LogP contribution in [0.15, 0.2) is 101 Å². The monoisotopic (exact) mass is 642 g/mol. The van der Waals surface area contributed by atoms with Crippen molar-refractivity contribution in [1.82, 2.24) is 5.32 Å². The smallest absolute Gasteiger partial charge is 0.347 e. The molecule has 0 bridgehead atoms. The van der Waals surface area contributed by atoms with Gasteiger partial charge in [-0.3, -0.25) is 9.52 Å². The summed E-state index contributed by atoms with van der Waals surface area (Å²) < 4.78 is 34.3. The van der Waals surface area contributed by atoms with Crippen LogP contribution in [0.2, 0.25) is 0 Å². The van der Waals surface area contributed by atoms with Crippen LogP contribution in [-0.4, -0.2) is 30.5 Å². The van der Waals surface area contributed by atoms with E-state index in [-0.39, 0.29) is 28.0 Å². The molecule has 0 unspecified atom stereocenters. The SMILES string of the molecule is Cc1cc(COc2ccc(CNC(=O)c3ccc(-c4ccc(O)cc4)cc3)cc2C)cc(NS(=O)(=O)c2ccsc2C(=O)O)c1. The van der Waals surface area contributed by atoms with Crippen molar-refractivity contribution in [1.29, 1.82) is 0 Å². The number of aromatic carboxylic acids is 1. The zero-order valence-corrected chi connectivity index (χ0v) is 26.0. The van der Waals surface area contributed by atoms with Crippen molar-refractivity contribution in [3.63, 3.8) is 0 Å². The number of phenolic OH excluding ortho intramolecular Hbond substituents is 1. The molecule has 45 heavy (non-hydrogen) atoms. The summed E-state index contributed by atoms with van der Waals surface area (Å²) in [4.78, 5) is 23.6. The second kappa shape index (κ2) is 13.2. The molecule has 11 heteroatoms. The molecule has 0 aliphatic carbocycles. The van der Waals surface area contributed by atoms with E-state index in [1.54, 1.807) is 36.4 Å². The Morgan fingerprint density at radius 2 is 1.53 bits per heavy atom. The second-order valence-electron chi connectivity index (χ2n) is 10.4. The first-order valence-corrected chi connectivity index (χ1v) is 16.2. The highest BCUT2D eigenvalue weighted by molar-refractivity contribution is 7.93. The molecule has 230 valence electrons. The first kappa shape index (κ1) is 31.3. The molecule has 5 aromatic rings. The third-order valence-electron chi connectivity index (χ3n) is 6.94. The summed E-state index contributed by atoms with van der Waals surface area (Å²) in [7, 11) is -4.10. The third-order valence-corrected chi connectivity index (χ3v) is 9.39. The van der Waals surface area contributed by atoms with Crippen LogP contribution in [0.25, 0.3) is 11.1 Å². The highest BCUT2D eigenvalue weighted by Crippen LogP contribution is 2.27. The molecular formula is C34H30N2O7S2. The lowest BCUT2D eigenvalue weighted by Crippen LogP contribution is -2.22. The van der Waals surface area contributed by atoms with Crippen LogP contribution >= 0.6 is 11.3 Å². The molecule has 0 spiro atoms. The van der Waals surface area contributed by atoms with Crippen molar-refractivity contribution in [2.75, 3.05) is 4.72 Å². The number of amides is 1. The maximum atomic E-state index is 12.9. The highest BCUT2D eigenvalue weighted by Gasteiger charge is 2.24. The number of anilines is 1. The molecule has 1 aromatic heterocycles. The maximum Gasteiger partial charge on any atom is 0.347 e. The number of carboxylic acids is 1. The van der Waals surface area contributed by atoms with Crippen molar-refractivity contribution in [2.45, 2.75) is 31.9 Å². The molecule has 0 fully saturated rings. The number of hydrogen-bond acceptors (Lipinski definition) is 7. The number of sulfonamides is 1. The van der Waals surface area contributed by atoms with E-state index in [4.69, 9.17) is 4.74 Å². The minimum Gasteiger partial charge on any atom is -0.508 e. The van der Waals surface area contributed by atoms with E-state index in [2.05, 4.69) is 10.0 Å². The van der Waals surface area contributed by atoms with Gasteiger partial charge in [-0.05, 0) is 101 Å². The minimum atomic E-state index is -4.10.